The highest BCUT2D eigenvalue weighted by Gasteiger charge is 2.33. The number of nitrogens with zero attached hydrogens (tertiary/aromatic N) is 1. The summed E-state index contributed by atoms with van der Waals surface area (Å²) in [4.78, 5) is 3.74. The molecule has 1 heterocycles. The summed E-state index contributed by atoms with van der Waals surface area (Å²) in [6.07, 6.45) is 0.822. The first kappa shape index (κ1) is 18.7. The Kier molecular flexibility index (Phi) is 4.76. The van der Waals surface area contributed by atoms with Crippen LogP contribution in [0.15, 0.2) is 72.4 Å². The minimum Gasteiger partial charge on any atom is -0.423 e. The lowest BCUT2D eigenvalue weighted by Crippen LogP contribution is -2.08. The van der Waals surface area contributed by atoms with Crippen molar-refractivity contribution in [3.8, 4) is 11.5 Å². The van der Waals surface area contributed by atoms with Gasteiger partial charge in [-0.2, -0.15) is 4.98 Å². The molecule has 0 saturated carbocycles. The van der Waals surface area contributed by atoms with E-state index in [0.29, 0.717) is 4.47 Å². The van der Waals surface area contributed by atoms with Crippen molar-refractivity contribution in [3.05, 3.63) is 58.8 Å². The summed E-state index contributed by atoms with van der Waals surface area (Å²) in [7, 11) is -8.26. The molecule has 0 aliphatic rings. The van der Waals surface area contributed by atoms with Crippen molar-refractivity contribution in [2.45, 2.75) is 15.0 Å². The Morgan fingerprint density at radius 1 is 0.962 bits per heavy atom. The molecule has 0 aliphatic heterocycles. The molecule has 0 radical (unpaired) electrons. The second kappa shape index (κ2) is 6.60. The molecule has 3 rings (SSSR count). The zero-order chi connectivity index (χ0) is 19.1. The molecular formula is C16H11BrFNO5S2. The van der Waals surface area contributed by atoms with E-state index in [1.165, 1.54) is 36.4 Å². The molecule has 6 nitrogen and oxygen atoms in total. The van der Waals surface area contributed by atoms with Crippen LogP contribution in [0, 0.1) is 5.82 Å². The van der Waals surface area contributed by atoms with Gasteiger partial charge in [-0.05, 0) is 48.5 Å². The summed E-state index contributed by atoms with van der Waals surface area (Å²) in [6, 6.07) is 10.5. The first-order valence-electron chi connectivity index (χ1n) is 7.06. The van der Waals surface area contributed by atoms with Crippen LogP contribution in [0.3, 0.4) is 0 Å². The highest BCUT2D eigenvalue weighted by molar-refractivity contribution is 9.10. The van der Waals surface area contributed by atoms with Gasteiger partial charge in [-0.3, -0.25) is 0 Å². The summed E-state index contributed by atoms with van der Waals surface area (Å²) in [5, 5.41) is -1.47. The average molecular weight is 460 g/mol. The monoisotopic (exact) mass is 459 g/mol. The second-order valence-corrected chi connectivity index (χ2v) is 10.0. The van der Waals surface area contributed by atoms with Gasteiger partial charge in [0.25, 0.3) is 5.09 Å². The minimum absolute atomic E-state index is 0.135. The lowest BCUT2D eigenvalue weighted by molar-refractivity contribution is 0.447. The summed E-state index contributed by atoms with van der Waals surface area (Å²) in [5.41, 5.74) is 0.244. The van der Waals surface area contributed by atoms with Crippen LogP contribution in [0.5, 0.6) is 0 Å². The van der Waals surface area contributed by atoms with Gasteiger partial charge in [0.05, 0.1) is 4.90 Å². The number of oxazole rings is 1. The Bertz CT molecular complexity index is 1170. The fourth-order valence-electron chi connectivity index (χ4n) is 2.14. The lowest BCUT2D eigenvalue weighted by Gasteiger charge is -2.02. The predicted molar refractivity (Wildman–Crippen MR) is 94.6 cm³/mol. The van der Waals surface area contributed by atoms with Crippen molar-refractivity contribution in [1.29, 1.82) is 0 Å². The topological polar surface area (TPSA) is 94.3 Å². The number of benzene rings is 2. The van der Waals surface area contributed by atoms with E-state index in [9.17, 15) is 21.2 Å². The van der Waals surface area contributed by atoms with E-state index >= 15 is 0 Å². The van der Waals surface area contributed by atoms with E-state index in [2.05, 4.69) is 20.9 Å². The van der Waals surface area contributed by atoms with E-state index in [-0.39, 0.29) is 16.3 Å². The Morgan fingerprint density at radius 2 is 1.54 bits per heavy atom. The molecule has 0 bridgehead atoms. The van der Waals surface area contributed by atoms with E-state index in [1.807, 2.05) is 0 Å². The van der Waals surface area contributed by atoms with E-state index in [4.69, 9.17) is 4.42 Å². The minimum atomic E-state index is -4.24. The smallest absolute Gasteiger partial charge is 0.258 e. The largest absolute Gasteiger partial charge is 0.423 e. The molecule has 0 N–H and O–H groups in total. The maximum absolute atomic E-state index is 13.1. The third-order valence-electron chi connectivity index (χ3n) is 3.37. The van der Waals surface area contributed by atoms with Crippen LogP contribution < -0.4 is 0 Å². The van der Waals surface area contributed by atoms with Gasteiger partial charge in [-0.1, -0.05) is 15.9 Å². The van der Waals surface area contributed by atoms with Gasteiger partial charge >= 0.3 is 0 Å². The molecule has 0 unspecified atom stereocenters. The van der Waals surface area contributed by atoms with E-state index < -0.39 is 35.6 Å². The molecule has 0 aliphatic carbocycles. The molecule has 0 spiro atoms. The maximum Gasteiger partial charge on any atom is 0.258 e. The van der Waals surface area contributed by atoms with Crippen molar-refractivity contribution in [2.24, 2.45) is 0 Å². The van der Waals surface area contributed by atoms with Gasteiger partial charge in [-0.15, -0.1) is 0 Å². The maximum atomic E-state index is 13.1. The first-order chi connectivity index (χ1) is 12.1. The Hall–Kier alpha value is -2.04. The van der Waals surface area contributed by atoms with Crippen LogP contribution in [0.2, 0.25) is 0 Å². The number of halogens is 2. The number of hydrogen-bond donors (Lipinski definition) is 0. The van der Waals surface area contributed by atoms with Crippen molar-refractivity contribution >= 4 is 35.6 Å². The zero-order valence-electron chi connectivity index (χ0n) is 13.2. The van der Waals surface area contributed by atoms with Gasteiger partial charge in [-0.25, -0.2) is 21.2 Å². The Morgan fingerprint density at radius 3 is 2.08 bits per heavy atom. The van der Waals surface area contributed by atoms with Gasteiger partial charge in [0.1, 0.15) is 5.82 Å². The van der Waals surface area contributed by atoms with Crippen LogP contribution in [0.4, 0.5) is 4.39 Å². The normalized spacial score (nSPS) is 12.3. The summed E-state index contributed by atoms with van der Waals surface area (Å²) < 4.78 is 68.7. The molecule has 0 amide bonds. The number of rotatable bonds is 4. The molecule has 26 heavy (non-hydrogen) atoms. The van der Waals surface area contributed by atoms with Crippen LogP contribution in [0.25, 0.3) is 11.5 Å². The third kappa shape index (κ3) is 3.57. The number of sulfone groups is 2. The third-order valence-corrected chi connectivity index (χ3v) is 6.66. The lowest BCUT2D eigenvalue weighted by atomic mass is 10.2. The fourth-order valence-corrected chi connectivity index (χ4v) is 4.96. The Balaban J connectivity index is 2.23. The molecule has 0 atom stereocenters. The summed E-state index contributed by atoms with van der Waals surface area (Å²) in [5.74, 6) is -0.743. The summed E-state index contributed by atoms with van der Waals surface area (Å²) in [6.45, 7) is 0. The van der Waals surface area contributed by atoms with Crippen LogP contribution in [0.1, 0.15) is 0 Å². The molecule has 2 aromatic carbocycles. The van der Waals surface area contributed by atoms with E-state index in [1.54, 1.807) is 0 Å². The average Bonchev–Trinajstić information content (AvgIpc) is 3.02. The summed E-state index contributed by atoms with van der Waals surface area (Å²) >= 11 is 3.20. The molecule has 10 heteroatoms. The predicted octanol–water partition coefficient (Wildman–Crippen LogP) is 3.48. The van der Waals surface area contributed by atoms with Gasteiger partial charge in [0.2, 0.25) is 30.6 Å². The van der Waals surface area contributed by atoms with Crippen molar-refractivity contribution in [3.63, 3.8) is 0 Å². The van der Waals surface area contributed by atoms with Crippen molar-refractivity contribution in [1.82, 2.24) is 4.98 Å². The molecule has 0 fully saturated rings. The van der Waals surface area contributed by atoms with Gasteiger partial charge < -0.3 is 4.42 Å². The van der Waals surface area contributed by atoms with Gasteiger partial charge in [0.15, 0.2) is 0 Å². The van der Waals surface area contributed by atoms with Crippen LogP contribution in [-0.2, 0) is 19.7 Å². The van der Waals surface area contributed by atoms with Crippen molar-refractivity contribution in [2.75, 3.05) is 6.26 Å². The number of hydrogen-bond acceptors (Lipinski definition) is 6. The quantitative estimate of drug-likeness (QED) is 0.592. The fraction of sp³-hybridized carbons (Fsp3) is 0.0625. The van der Waals surface area contributed by atoms with Crippen LogP contribution in [-0.4, -0.2) is 28.1 Å². The molecule has 0 saturated heterocycles. The standard InChI is InChI=1S/C16H11BrFNO5S2/c1-25(20,21)16-15(26(22,23)13-8-4-11(17)5-9-13)19-14(24-16)10-2-6-12(18)7-3-10/h2-9H,1H3. The van der Waals surface area contributed by atoms with Crippen molar-refractivity contribution < 1.29 is 25.6 Å². The highest BCUT2D eigenvalue weighted by atomic mass is 79.9. The van der Waals surface area contributed by atoms with Gasteiger partial charge in [0, 0.05) is 16.3 Å². The molecular weight excluding hydrogens is 449 g/mol. The zero-order valence-corrected chi connectivity index (χ0v) is 16.4. The first-order valence-corrected chi connectivity index (χ1v) is 11.2. The van der Waals surface area contributed by atoms with Crippen LogP contribution >= 0.6 is 15.9 Å². The SMILES string of the molecule is CS(=O)(=O)c1oc(-c2ccc(F)cc2)nc1S(=O)(=O)c1ccc(Br)cc1. The highest BCUT2D eigenvalue weighted by Crippen LogP contribution is 2.32. The van der Waals surface area contributed by atoms with E-state index in [0.717, 1.165) is 18.4 Å². The molecule has 3 aromatic rings. The molecule has 136 valence electrons. The molecule has 1 aromatic heterocycles. The Labute approximate surface area is 157 Å². The second-order valence-electron chi connectivity index (χ2n) is 5.35. The number of aromatic nitrogens is 1.